The highest BCUT2D eigenvalue weighted by molar-refractivity contribution is 5.89. The van der Waals surface area contributed by atoms with Gasteiger partial charge in [-0.05, 0) is 32.6 Å². The van der Waals surface area contributed by atoms with Gasteiger partial charge in [-0.25, -0.2) is 0 Å². The molecule has 2 saturated heterocycles. The zero-order valence-corrected chi connectivity index (χ0v) is 14.5. The molecular formula is C18H28N2O4. The molecule has 0 aromatic rings. The van der Waals surface area contributed by atoms with Gasteiger partial charge in [-0.15, -0.1) is 0 Å². The lowest BCUT2D eigenvalue weighted by atomic mass is 9.96. The molecule has 3 fully saturated rings. The second-order valence-corrected chi connectivity index (χ2v) is 7.26. The van der Waals surface area contributed by atoms with Crippen molar-refractivity contribution < 1.29 is 19.1 Å². The maximum absolute atomic E-state index is 12.8. The number of hydrogen-bond donors (Lipinski definition) is 0. The monoisotopic (exact) mass is 336 g/mol. The van der Waals surface area contributed by atoms with Crippen LogP contribution in [0.15, 0.2) is 0 Å². The fourth-order valence-corrected chi connectivity index (χ4v) is 4.35. The van der Waals surface area contributed by atoms with Gasteiger partial charge in [0.2, 0.25) is 11.8 Å². The Kier molecular flexibility index (Phi) is 5.41. The molecule has 0 unspecified atom stereocenters. The molecule has 0 aromatic carbocycles. The van der Waals surface area contributed by atoms with E-state index in [1.54, 1.807) is 11.8 Å². The highest BCUT2D eigenvalue weighted by Gasteiger charge is 2.41. The van der Waals surface area contributed by atoms with Gasteiger partial charge >= 0.3 is 5.97 Å². The molecule has 0 N–H and O–H groups in total. The summed E-state index contributed by atoms with van der Waals surface area (Å²) in [4.78, 5) is 40.8. The molecule has 2 amide bonds. The minimum Gasteiger partial charge on any atom is -0.466 e. The van der Waals surface area contributed by atoms with Crippen LogP contribution in [0.3, 0.4) is 0 Å². The average molecular weight is 336 g/mol. The Morgan fingerprint density at radius 2 is 1.83 bits per heavy atom. The van der Waals surface area contributed by atoms with E-state index in [0.717, 1.165) is 25.7 Å². The Bertz CT molecular complexity index is 501. The van der Waals surface area contributed by atoms with Gasteiger partial charge < -0.3 is 14.5 Å². The standard InChI is InChI=1S/C18H28N2O4/c1-2-24-18(23)13-6-5-9-19(11-13)17(22)14-10-16(21)20(12-14)15-7-3-4-8-15/h13-15H,2-12H2,1H3/t13-,14-/m1/s1. The number of piperidine rings is 1. The molecule has 0 radical (unpaired) electrons. The SMILES string of the molecule is CCOC(=O)[C@@H]1CCCN(C(=O)[C@@H]2CC(=O)N(C3CCCC3)C2)C1. The molecule has 3 rings (SSSR count). The number of carbonyl (C=O) groups excluding carboxylic acids is 3. The van der Waals surface area contributed by atoms with E-state index in [1.807, 2.05) is 4.90 Å². The smallest absolute Gasteiger partial charge is 0.310 e. The maximum Gasteiger partial charge on any atom is 0.310 e. The van der Waals surface area contributed by atoms with E-state index in [-0.39, 0.29) is 29.6 Å². The number of nitrogens with zero attached hydrogens (tertiary/aromatic N) is 2. The zero-order valence-electron chi connectivity index (χ0n) is 14.5. The molecule has 24 heavy (non-hydrogen) atoms. The van der Waals surface area contributed by atoms with Crippen LogP contribution in [0.4, 0.5) is 0 Å². The molecule has 3 aliphatic rings. The first kappa shape index (κ1) is 17.2. The minimum atomic E-state index is -0.237. The fraction of sp³-hybridized carbons (Fsp3) is 0.833. The van der Waals surface area contributed by atoms with E-state index in [0.29, 0.717) is 38.7 Å². The summed E-state index contributed by atoms with van der Waals surface area (Å²) in [5.41, 5.74) is 0. The van der Waals surface area contributed by atoms with E-state index in [9.17, 15) is 14.4 Å². The van der Waals surface area contributed by atoms with Gasteiger partial charge in [0.1, 0.15) is 0 Å². The van der Waals surface area contributed by atoms with E-state index >= 15 is 0 Å². The van der Waals surface area contributed by atoms with Gasteiger partial charge in [-0.3, -0.25) is 14.4 Å². The van der Waals surface area contributed by atoms with Crippen LogP contribution in [0.1, 0.15) is 51.9 Å². The molecule has 6 heteroatoms. The highest BCUT2D eigenvalue weighted by Crippen LogP contribution is 2.31. The summed E-state index contributed by atoms with van der Waals surface area (Å²) in [6, 6.07) is 0.337. The second-order valence-electron chi connectivity index (χ2n) is 7.26. The first-order valence-corrected chi connectivity index (χ1v) is 9.35. The molecule has 6 nitrogen and oxygen atoms in total. The van der Waals surface area contributed by atoms with Crippen LogP contribution < -0.4 is 0 Å². The van der Waals surface area contributed by atoms with Gasteiger partial charge in [0.05, 0.1) is 18.4 Å². The van der Waals surface area contributed by atoms with Crippen molar-refractivity contribution in [3.63, 3.8) is 0 Å². The number of ether oxygens (including phenoxy) is 1. The predicted molar refractivity (Wildman–Crippen MR) is 88.0 cm³/mol. The van der Waals surface area contributed by atoms with Crippen LogP contribution in [0, 0.1) is 11.8 Å². The molecular weight excluding hydrogens is 308 g/mol. The second kappa shape index (κ2) is 7.53. The lowest BCUT2D eigenvalue weighted by molar-refractivity contribution is -0.152. The van der Waals surface area contributed by atoms with Crippen molar-refractivity contribution >= 4 is 17.8 Å². The normalized spacial score (nSPS) is 28.5. The van der Waals surface area contributed by atoms with E-state index in [1.165, 1.54) is 12.8 Å². The summed E-state index contributed by atoms with van der Waals surface area (Å²) >= 11 is 0. The Labute approximate surface area is 143 Å². The maximum atomic E-state index is 12.8. The van der Waals surface area contributed by atoms with Gasteiger partial charge in [-0.2, -0.15) is 0 Å². The summed E-state index contributed by atoms with van der Waals surface area (Å²) in [6.45, 7) is 3.85. The van der Waals surface area contributed by atoms with Crippen LogP contribution in [0.25, 0.3) is 0 Å². The fourth-order valence-electron chi connectivity index (χ4n) is 4.35. The Morgan fingerprint density at radius 1 is 1.08 bits per heavy atom. The number of hydrogen-bond acceptors (Lipinski definition) is 4. The van der Waals surface area contributed by atoms with Gasteiger partial charge in [0.25, 0.3) is 0 Å². The van der Waals surface area contributed by atoms with Crippen molar-refractivity contribution in [1.82, 2.24) is 9.80 Å². The highest BCUT2D eigenvalue weighted by atomic mass is 16.5. The molecule has 2 heterocycles. The number of likely N-dealkylation sites (tertiary alicyclic amines) is 2. The van der Waals surface area contributed by atoms with Crippen molar-refractivity contribution in [2.45, 2.75) is 57.9 Å². The Balaban J connectivity index is 1.57. The molecule has 0 bridgehead atoms. The summed E-state index contributed by atoms with van der Waals surface area (Å²) in [7, 11) is 0. The van der Waals surface area contributed by atoms with Crippen molar-refractivity contribution in [2.75, 3.05) is 26.2 Å². The largest absolute Gasteiger partial charge is 0.466 e. The van der Waals surface area contributed by atoms with E-state index in [2.05, 4.69) is 0 Å². The van der Waals surface area contributed by atoms with Crippen molar-refractivity contribution in [1.29, 1.82) is 0 Å². The molecule has 0 aromatic heterocycles. The molecule has 2 atom stereocenters. The molecule has 0 spiro atoms. The predicted octanol–water partition coefficient (Wildman–Crippen LogP) is 1.58. The van der Waals surface area contributed by atoms with Crippen LogP contribution in [-0.2, 0) is 19.1 Å². The topological polar surface area (TPSA) is 66.9 Å². The summed E-state index contributed by atoms with van der Waals surface area (Å²) < 4.78 is 5.10. The summed E-state index contributed by atoms with van der Waals surface area (Å²) in [6.07, 6.45) is 6.43. The van der Waals surface area contributed by atoms with Crippen LogP contribution >= 0.6 is 0 Å². The third-order valence-corrected chi connectivity index (χ3v) is 5.63. The Morgan fingerprint density at radius 3 is 2.54 bits per heavy atom. The summed E-state index contributed by atoms with van der Waals surface area (Å²) in [5, 5.41) is 0. The van der Waals surface area contributed by atoms with Gasteiger partial charge in [0, 0.05) is 32.1 Å². The average Bonchev–Trinajstić information content (AvgIpc) is 3.24. The number of esters is 1. The Hall–Kier alpha value is -1.59. The molecule has 2 aliphatic heterocycles. The van der Waals surface area contributed by atoms with Crippen LogP contribution in [0.2, 0.25) is 0 Å². The van der Waals surface area contributed by atoms with E-state index < -0.39 is 0 Å². The van der Waals surface area contributed by atoms with Crippen LogP contribution in [-0.4, -0.2) is 59.9 Å². The first-order valence-electron chi connectivity index (χ1n) is 9.35. The summed E-state index contributed by atoms with van der Waals surface area (Å²) in [5.74, 6) is -0.494. The van der Waals surface area contributed by atoms with Gasteiger partial charge in [0.15, 0.2) is 0 Å². The quantitative estimate of drug-likeness (QED) is 0.731. The van der Waals surface area contributed by atoms with Crippen molar-refractivity contribution in [3.8, 4) is 0 Å². The molecule has 1 aliphatic carbocycles. The van der Waals surface area contributed by atoms with Gasteiger partial charge in [-0.1, -0.05) is 12.8 Å². The lowest BCUT2D eigenvalue weighted by Gasteiger charge is -2.33. The minimum absolute atomic E-state index is 0.0397. The van der Waals surface area contributed by atoms with Crippen LogP contribution in [0.5, 0.6) is 0 Å². The third-order valence-electron chi connectivity index (χ3n) is 5.63. The number of amides is 2. The van der Waals surface area contributed by atoms with Crippen molar-refractivity contribution in [3.05, 3.63) is 0 Å². The number of carbonyl (C=O) groups is 3. The van der Waals surface area contributed by atoms with Crippen molar-refractivity contribution in [2.24, 2.45) is 11.8 Å². The zero-order chi connectivity index (χ0) is 17.1. The number of rotatable bonds is 4. The van der Waals surface area contributed by atoms with E-state index in [4.69, 9.17) is 4.74 Å². The lowest BCUT2D eigenvalue weighted by Crippen LogP contribution is -2.46. The molecule has 1 saturated carbocycles. The molecule has 134 valence electrons. The first-order chi connectivity index (χ1) is 11.6. The third kappa shape index (κ3) is 3.57.